The van der Waals surface area contributed by atoms with Crippen molar-refractivity contribution in [1.29, 1.82) is 0 Å². The number of esters is 1. The summed E-state index contributed by atoms with van der Waals surface area (Å²) in [4.78, 5) is 17.4. The number of ether oxygens (including phenoxy) is 3. The number of cyclic esters (lactones) is 1. The summed E-state index contributed by atoms with van der Waals surface area (Å²) in [5, 5.41) is 73.3. The molecular weight excluding hydrogens is 759 g/mol. The number of fused-ring (bicyclic) bond motifs is 2. The summed E-state index contributed by atoms with van der Waals surface area (Å²) in [6.07, 6.45) is 19.7. The quantitative estimate of drug-likeness (QED) is 0.190. The summed E-state index contributed by atoms with van der Waals surface area (Å²) >= 11 is 0. The molecule has 0 aromatic carbocycles. The first kappa shape index (κ1) is 49.3. The number of carbonyl (C=O) groups excluding carboxylic acids is 1. The summed E-state index contributed by atoms with van der Waals surface area (Å²) in [6.45, 7) is 12.4. The van der Waals surface area contributed by atoms with Crippen LogP contribution in [-0.4, -0.2) is 114 Å². The van der Waals surface area contributed by atoms with Gasteiger partial charge in [-0.1, -0.05) is 124 Å². The molecule has 1 aromatic heterocycles. The Hall–Kier alpha value is -4.02. The Kier molecular flexibility index (Phi) is 20.8. The third-order valence-electron chi connectivity index (χ3n) is 10.3. The van der Waals surface area contributed by atoms with Crippen LogP contribution in [0.3, 0.4) is 0 Å². The topological polar surface area (TPSA) is 212 Å². The first-order valence-electron chi connectivity index (χ1n) is 20.3. The number of aliphatic hydroxyl groups excluding tert-OH is 7. The SMILES string of the molecule is CC1=C[C@@H](C)[C@H](O[C@@H]2O[C@H](C)[C@@H](O)[C@H](O)[C@H]2O)C=CC=Cc2coc(n2)[C@H](C)[C@H](O)C[C@H](O)C=CC=CC=C[C@H](C)[C@@H]([C@@H](C)[C@@H](O)C[C@H](C)O)OC(=O)C=CC=CC=C1. The van der Waals surface area contributed by atoms with Gasteiger partial charge in [0, 0.05) is 30.3 Å². The molecule has 2 bridgehead atoms. The molecule has 13 nitrogen and oxygen atoms in total. The summed E-state index contributed by atoms with van der Waals surface area (Å²) in [7, 11) is 0. The summed E-state index contributed by atoms with van der Waals surface area (Å²) in [6, 6.07) is 0. The van der Waals surface area contributed by atoms with E-state index in [0.29, 0.717) is 11.6 Å². The second-order valence-electron chi connectivity index (χ2n) is 15.6. The Morgan fingerprint density at radius 1 is 0.780 bits per heavy atom. The second-order valence-corrected chi connectivity index (χ2v) is 15.6. The van der Waals surface area contributed by atoms with E-state index in [0.717, 1.165) is 5.57 Å². The van der Waals surface area contributed by atoms with Crippen molar-refractivity contribution >= 4 is 12.0 Å². The fourth-order valence-electron chi connectivity index (χ4n) is 6.59. The van der Waals surface area contributed by atoms with E-state index in [9.17, 15) is 40.5 Å². The highest BCUT2D eigenvalue weighted by atomic mass is 16.7. The van der Waals surface area contributed by atoms with Gasteiger partial charge < -0.3 is 54.4 Å². The van der Waals surface area contributed by atoms with Gasteiger partial charge in [0.25, 0.3) is 0 Å². The van der Waals surface area contributed by atoms with Gasteiger partial charge in [0.15, 0.2) is 12.2 Å². The number of hydrogen-bond acceptors (Lipinski definition) is 13. The normalized spacial score (nSPS) is 33.8. The van der Waals surface area contributed by atoms with E-state index in [1.165, 1.54) is 12.3 Å². The van der Waals surface area contributed by atoms with E-state index in [1.807, 2.05) is 39.0 Å². The molecule has 0 unspecified atom stereocenters. The average Bonchev–Trinajstić information content (AvgIpc) is 3.66. The van der Waals surface area contributed by atoms with E-state index < -0.39 is 85.1 Å². The molecule has 0 aliphatic carbocycles. The van der Waals surface area contributed by atoms with Crippen LogP contribution < -0.4 is 0 Å². The smallest absolute Gasteiger partial charge is 0.331 e. The van der Waals surface area contributed by atoms with Crippen LogP contribution in [0.1, 0.15) is 78.8 Å². The predicted molar refractivity (Wildman–Crippen MR) is 225 cm³/mol. The van der Waals surface area contributed by atoms with Crippen LogP contribution >= 0.6 is 0 Å². The summed E-state index contributed by atoms with van der Waals surface area (Å²) in [5.41, 5.74) is 1.39. The van der Waals surface area contributed by atoms with E-state index in [2.05, 4.69) is 4.98 Å². The molecule has 15 atom stereocenters. The Balaban J connectivity index is 1.91. The van der Waals surface area contributed by atoms with E-state index in [1.54, 1.807) is 107 Å². The average molecular weight is 824 g/mol. The fraction of sp³-hybridized carbons (Fsp3) is 0.522. The van der Waals surface area contributed by atoms with E-state index in [4.69, 9.17) is 18.6 Å². The van der Waals surface area contributed by atoms with Gasteiger partial charge in [-0.25, -0.2) is 9.78 Å². The van der Waals surface area contributed by atoms with Crippen molar-refractivity contribution in [3.63, 3.8) is 0 Å². The van der Waals surface area contributed by atoms with Gasteiger partial charge in [-0.05, 0) is 33.3 Å². The highest BCUT2D eigenvalue weighted by molar-refractivity contribution is 5.82. The molecule has 2 aliphatic rings. The number of oxazole rings is 1. The van der Waals surface area contributed by atoms with Crippen LogP contribution in [0.5, 0.6) is 0 Å². The second kappa shape index (κ2) is 24.9. The van der Waals surface area contributed by atoms with Gasteiger partial charge in [-0.2, -0.15) is 0 Å². The first-order valence-corrected chi connectivity index (χ1v) is 20.3. The van der Waals surface area contributed by atoms with Crippen molar-refractivity contribution in [2.45, 2.75) is 135 Å². The lowest BCUT2D eigenvalue weighted by Gasteiger charge is -2.40. The number of allylic oxidation sites excluding steroid dienone is 12. The molecule has 2 aliphatic heterocycles. The number of carbonyl (C=O) groups is 1. The Morgan fingerprint density at radius 3 is 2.10 bits per heavy atom. The number of aromatic nitrogens is 1. The van der Waals surface area contributed by atoms with Gasteiger partial charge in [0.05, 0.1) is 42.5 Å². The number of hydrogen-bond donors (Lipinski definition) is 7. The van der Waals surface area contributed by atoms with Crippen molar-refractivity contribution in [1.82, 2.24) is 4.98 Å². The van der Waals surface area contributed by atoms with Crippen LogP contribution in [0, 0.1) is 17.8 Å². The molecular formula is C46H65NO12. The van der Waals surface area contributed by atoms with Gasteiger partial charge in [-0.15, -0.1) is 0 Å². The Bertz CT molecular complexity index is 1700. The number of rotatable bonds is 6. The van der Waals surface area contributed by atoms with Crippen molar-refractivity contribution in [2.75, 3.05) is 0 Å². The zero-order chi connectivity index (χ0) is 43.6. The molecule has 326 valence electrons. The monoisotopic (exact) mass is 823 g/mol. The molecule has 0 amide bonds. The highest BCUT2D eigenvalue weighted by Gasteiger charge is 2.43. The van der Waals surface area contributed by atoms with Crippen LogP contribution in [-0.2, 0) is 19.0 Å². The molecule has 1 fully saturated rings. The lowest BCUT2D eigenvalue weighted by atomic mass is 9.86. The predicted octanol–water partition coefficient (Wildman–Crippen LogP) is 4.92. The fourth-order valence-corrected chi connectivity index (χ4v) is 6.59. The molecule has 0 saturated carbocycles. The maximum Gasteiger partial charge on any atom is 0.331 e. The number of nitrogens with zero attached hydrogens (tertiary/aromatic N) is 1. The van der Waals surface area contributed by atoms with Crippen molar-refractivity contribution < 1.29 is 59.2 Å². The van der Waals surface area contributed by atoms with Crippen molar-refractivity contribution in [2.24, 2.45) is 17.8 Å². The molecule has 7 N–H and O–H groups in total. The molecule has 0 radical (unpaired) electrons. The molecule has 59 heavy (non-hydrogen) atoms. The molecule has 3 rings (SSSR count). The maximum atomic E-state index is 12.9. The maximum absolute atomic E-state index is 12.9. The minimum absolute atomic E-state index is 0.0378. The summed E-state index contributed by atoms with van der Waals surface area (Å²) < 4.78 is 23.4. The first-order chi connectivity index (χ1) is 28.0. The lowest BCUT2D eigenvalue weighted by molar-refractivity contribution is -0.302. The van der Waals surface area contributed by atoms with Crippen LogP contribution in [0.2, 0.25) is 0 Å². The molecule has 1 saturated heterocycles. The zero-order valence-corrected chi connectivity index (χ0v) is 35.1. The van der Waals surface area contributed by atoms with E-state index in [-0.39, 0.29) is 24.7 Å². The minimum Gasteiger partial charge on any atom is -0.458 e. The van der Waals surface area contributed by atoms with Crippen molar-refractivity contribution in [3.8, 4) is 0 Å². The number of aliphatic hydroxyl groups is 7. The molecule has 0 spiro atoms. The highest BCUT2D eigenvalue weighted by Crippen LogP contribution is 2.27. The molecule has 1 aromatic rings. The molecule has 3 heterocycles. The Labute approximate surface area is 348 Å². The Morgan fingerprint density at radius 2 is 1.41 bits per heavy atom. The standard InChI is InChI=1S/C46H65NO12/c1-28-18-12-8-11-15-23-40(52)59-44(32(5)37(50)25-31(4)48)29(2)19-13-9-10-14-21-36(49)26-38(51)33(6)45-47-35(27-56-45)20-16-17-22-39(30(3)24-28)58-46-43(55)42(54)41(53)34(7)57-46/h8-24,27,29-34,36-39,41-44,46,48-51,53-55H,25-26H2,1-7H3/t29-,30+,31-,32-,33+,34+,36+,37-,38+,39+,41+,42-,43+,44-,46-/m0/s1. The molecule has 13 heteroatoms. The van der Waals surface area contributed by atoms with Crippen molar-refractivity contribution in [3.05, 3.63) is 121 Å². The summed E-state index contributed by atoms with van der Waals surface area (Å²) in [5.74, 6) is -1.88. The van der Waals surface area contributed by atoms with E-state index >= 15 is 0 Å². The van der Waals surface area contributed by atoms with Crippen LogP contribution in [0.15, 0.2) is 113 Å². The van der Waals surface area contributed by atoms with Gasteiger partial charge in [0.1, 0.15) is 36.4 Å². The largest absolute Gasteiger partial charge is 0.458 e. The minimum atomic E-state index is -1.49. The van der Waals surface area contributed by atoms with Crippen LogP contribution in [0.25, 0.3) is 6.08 Å². The van der Waals surface area contributed by atoms with Gasteiger partial charge in [0.2, 0.25) is 0 Å². The van der Waals surface area contributed by atoms with Gasteiger partial charge in [-0.3, -0.25) is 0 Å². The third-order valence-corrected chi connectivity index (χ3v) is 10.3. The lowest BCUT2D eigenvalue weighted by Crippen LogP contribution is -2.58. The van der Waals surface area contributed by atoms with Crippen LogP contribution in [0.4, 0.5) is 0 Å². The zero-order valence-electron chi connectivity index (χ0n) is 35.1. The third kappa shape index (κ3) is 16.5. The van der Waals surface area contributed by atoms with Gasteiger partial charge >= 0.3 is 5.97 Å².